The summed E-state index contributed by atoms with van der Waals surface area (Å²) in [5, 5.41) is 21.5. The second kappa shape index (κ2) is 7.88. The molecule has 116 valence electrons. The van der Waals surface area contributed by atoms with Gasteiger partial charge in [-0.2, -0.15) is 0 Å². The summed E-state index contributed by atoms with van der Waals surface area (Å²) >= 11 is 5.79. The highest BCUT2D eigenvalue weighted by molar-refractivity contribution is 6.31. The Labute approximate surface area is 128 Å². The second-order valence-electron chi connectivity index (χ2n) is 5.46. The van der Waals surface area contributed by atoms with Crippen molar-refractivity contribution in [2.75, 3.05) is 6.54 Å². The van der Waals surface area contributed by atoms with Gasteiger partial charge in [0.2, 0.25) is 0 Å². The van der Waals surface area contributed by atoms with Crippen LogP contribution in [0.1, 0.15) is 37.0 Å². The number of hydrogen-bond donors (Lipinski definition) is 3. The summed E-state index contributed by atoms with van der Waals surface area (Å²) in [6.07, 6.45) is 0.702. The van der Waals surface area contributed by atoms with Crippen LogP contribution in [0.2, 0.25) is 5.02 Å². The van der Waals surface area contributed by atoms with E-state index in [2.05, 4.69) is 5.32 Å². The van der Waals surface area contributed by atoms with E-state index in [9.17, 15) is 14.7 Å². The number of benzene rings is 1. The molecule has 0 spiro atoms. The third-order valence-corrected chi connectivity index (χ3v) is 3.26. The summed E-state index contributed by atoms with van der Waals surface area (Å²) < 4.78 is 0. The lowest BCUT2D eigenvalue weighted by Crippen LogP contribution is -2.31. The molecule has 1 aromatic carbocycles. The van der Waals surface area contributed by atoms with E-state index in [1.54, 1.807) is 0 Å². The first-order valence-electron chi connectivity index (χ1n) is 6.78. The second-order valence-corrected chi connectivity index (χ2v) is 5.90. The maximum absolute atomic E-state index is 12.0. The zero-order chi connectivity index (χ0) is 16.0. The van der Waals surface area contributed by atoms with E-state index < -0.39 is 11.9 Å². The molecular weight excluding hydrogens is 294 g/mol. The van der Waals surface area contributed by atoms with Crippen molar-refractivity contribution in [3.8, 4) is 5.75 Å². The molecule has 5 nitrogen and oxygen atoms in total. The van der Waals surface area contributed by atoms with E-state index in [0.717, 1.165) is 0 Å². The SMILES string of the molecule is CC(C)CC(CNC(=O)c1cc(Cl)ccc1O)CC(=O)O. The standard InChI is InChI=1S/C15H20ClNO4/c1-9(2)5-10(6-14(19)20)8-17-15(21)12-7-11(16)3-4-13(12)18/h3-4,7,9-10,18H,5-6,8H2,1-2H3,(H,17,21)(H,19,20). The Morgan fingerprint density at radius 3 is 2.57 bits per heavy atom. The topological polar surface area (TPSA) is 86.6 Å². The van der Waals surface area contributed by atoms with Crippen LogP contribution in [0.5, 0.6) is 5.75 Å². The number of halogens is 1. The van der Waals surface area contributed by atoms with Crippen molar-refractivity contribution < 1.29 is 19.8 Å². The number of carbonyl (C=O) groups is 2. The lowest BCUT2D eigenvalue weighted by Gasteiger charge is -2.18. The first-order chi connectivity index (χ1) is 9.79. The Hall–Kier alpha value is -1.75. The smallest absolute Gasteiger partial charge is 0.303 e. The molecule has 0 aromatic heterocycles. The van der Waals surface area contributed by atoms with Crippen molar-refractivity contribution in [2.45, 2.75) is 26.7 Å². The fourth-order valence-electron chi connectivity index (χ4n) is 2.17. The van der Waals surface area contributed by atoms with Crippen LogP contribution < -0.4 is 5.32 Å². The number of aliphatic carboxylic acids is 1. The fraction of sp³-hybridized carbons (Fsp3) is 0.467. The highest BCUT2D eigenvalue weighted by Gasteiger charge is 2.18. The Morgan fingerprint density at radius 2 is 2.00 bits per heavy atom. The van der Waals surface area contributed by atoms with Gasteiger partial charge in [-0.3, -0.25) is 9.59 Å². The van der Waals surface area contributed by atoms with Gasteiger partial charge in [0.15, 0.2) is 0 Å². The van der Waals surface area contributed by atoms with Gasteiger partial charge >= 0.3 is 5.97 Å². The number of carbonyl (C=O) groups excluding carboxylic acids is 1. The van der Waals surface area contributed by atoms with Gasteiger partial charge in [-0.1, -0.05) is 25.4 Å². The number of carboxylic acid groups (broad SMARTS) is 1. The Morgan fingerprint density at radius 1 is 1.33 bits per heavy atom. The van der Waals surface area contributed by atoms with Crippen molar-refractivity contribution in [1.29, 1.82) is 0 Å². The molecule has 0 saturated carbocycles. The molecule has 1 aromatic rings. The van der Waals surface area contributed by atoms with Crippen LogP contribution in [0, 0.1) is 11.8 Å². The minimum Gasteiger partial charge on any atom is -0.507 e. The maximum atomic E-state index is 12.0. The van der Waals surface area contributed by atoms with Crippen molar-refractivity contribution >= 4 is 23.5 Å². The molecule has 0 aliphatic carbocycles. The number of amides is 1. The van der Waals surface area contributed by atoms with Gasteiger partial charge in [0.25, 0.3) is 5.91 Å². The van der Waals surface area contributed by atoms with Crippen LogP contribution in [-0.4, -0.2) is 28.6 Å². The van der Waals surface area contributed by atoms with Crippen LogP contribution >= 0.6 is 11.6 Å². The van der Waals surface area contributed by atoms with Crippen molar-refractivity contribution in [3.63, 3.8) is 0 Å². The van der Waals surface area contributed by atoms with Crippen molar-refractivity contribution in [2.24, 2.45) is 11.8 Å². The molecule has 1 unspecified atom stereocenters. The number of hydrogen-bond acceptors (Lipinski definition) is 3. The Balaban J connectivity index is 2.68. The molecule has 3 N–H and O–H groups in total. The van der Waals surface area contributed by atoms with E-state index in [1.165, 1.54) is 18.2 Å². The van der Waals surface area contributed by atoms with Crippen LogP contribution in [0.4, 0.5) is 0 Å². The predicted octanol–water partition coefficient (Wildman–Crippen LogP) is 2.91. The summed E-state index contributed by atoms with van der Waals surface area (Å²) in [5.74, 6) is -1.32. The van der Waals surface area contributed by atoms with Gasteiger partial charge < -0.3 is 15.5 Å². The first-order valence-corrected chi connectivity index (χ1v) is 7.16. The Bertz CT molecular complexity index is 516. The Kier molecular flexibility index (Phi) is 6.49. The number of nitrogens with one attached hydrogen (secondary N) is 1. The maximum Gasteiger partial charge on any atom is 0.303 e. The van der Waals surface area contributed by atoms with Gasteiger partial charge in [0, 0.05) is 18.0 Å². The third kappa shape index (κ3) is 6.04. The van der Waals surface area contributed by atoms with Gasteiger partial charge in [-0.05, 0) is 36.5 Å². The average molecular weight is 314 g/mol. The minimum atomic E-state index is -0.888. The molecule has 0 aliphatic heterocycles. The van der Waals surface area contributed by atoms with E-state index in [1.807, 2.05) is 13.8 Å². The first kappa shape index (κ1) is 17.3. The number of phenolic OH excluding ortho intramolecular Hbond substituents is 1. The molecule has 6 heteroatoms. The normalized spacial score (nSPS) is 12.2. The highest BCUT2D eigenvalue weighted by atomic mass is 35.5. The summed E-state index contributed by atoms with van der Waals surface area (Å²) in [6.45, 7) is 4.24. The van der Waals surface area contributed by atoms with Gasteiger partial charge in [0.1, 0.15) is 5.75 Å². The fourth-order valence-corrected chi connectivity index (χ4v) is 2.35. The van der Waals surface area contributed by atoms with Crippen LogP contribution in [0.25, 0.3) is 0 Å². The molecule has 0 fully saturated rings. The molecule has 1 amide bonds. The van der Waals surface area contributed by atoms with Crippen LogP contribution in [0.3, 0.4) is 0 Å². The molecule has 0 saturated heterocycles. The largest absolute Gasteiger partial charge is 0.507 e. The summed E-state index contributed by atoms with van der Waals surface area (Å²) in [7, 11) is 0. The minimum absolute atomic E-state index is 0.0000119. The summed E-state index contributed by atoms with van der Waals surface area (Å²) in [5.41, 5.74) is 0.0844. The monoisotopic (exact) mass is 313 g/mol. The predicted molar refractivity (Wildman–Crippen MR) is 80.6 cm³/mol. The van der Waals surface area contributed by atoms with Crippen LogP contribution in [-0.2, 0) is 4.79 Å². The van der Waals surface area contributed by atoms with Crippen molar-refractivity contribution in [1.82, 2.24) is 5.32 Å². The highest BCUT2D eigenvalue weighted by Crippen LogP contribution is 2.21. The molecule has 1 rings (SSSR count). The quantitative estimate of drug-likeness (QED) is 0.722. The van der Waals surface area contributed by atoms with Gasteiger partial charge in [-0.25, -0.2) is 0 Å². The molecule has 21 heavy (non-hydrogen) atoms. The number of phenols is 1. The van der Waals surface area contributed by atoms with Gasteiger partial charge in [0.05, 0.1) is 5.56 Å². The molecule has 1 atom stereocenters. The summed E-state index contributed by atoms with van der Waals surface area (Å²) in [6, 6.07) is 4.21. The van der Waals surface area contributed by atoms with Gasteiger partial charge in [-0.15, -0.1) is 0 Å². The molecular formula is C15H20ClNO4. The number of rotatable bonds is 7. The zero-order valence-electron chi connectivity index (χ0n) is 12.1. The lowest BCUT2D eigenvalue weighted by molar-refractivity contribution is -0.138. The van der Waals surface area contributed by atoms with Crippen LogP contribution in [0.15, 0.2) is 18.2 Å². The van der Waals surface area contributed by atoms with E-state index >= 15 is 0 Å². The molecule has 0 bridgehead atoms. The van der Waals surface area contributed by atoms with E-state index in [4.69, 9.17) is 16.7 Å². The lowest BCUT2D eigenvalue weighted by atomic mass is 9.94. The van der Waals surface area contributed by atoms with E-state index in [-0.39, 0.29) is 30.2 Å². The zero-order valence-corrected chi connectivity index (χ0v) is 12.9. The molecule has 0 aliphatic rings. The summed E-state index contributed by atoms with van der Waals surface area (Å²) in [4.78, 5) is 22.9. The van der Waals surface area contributed by atoms with Crippen molar-refractivity contribution in [3.05, 3.63) is 28.8 Å². The molecule has 0 heterocycles. The number of aromatic hydroxyl groups is 1. The van der Waals surface area contributed by atoms with E-state index in [0.29, 0.717) is 17.4 Å². The average Bonchev–Trinajstić information content (AvgIpc) is 2.37. The third-order valence-electron chi connectivity index (χ3n) is 3.02. The number of carboxylic acids is 1. The molecule has 0 radical (unpaired) electrons.